The van der Waals surface area contributed by atoms with Gasteiger partial charge in [0.15, 0.2) is 5.76 Å². The van der Waals surface area contributed by atoms with Gasteiger partial charge >= 0.3 is 0 Å². The number of alkyl halides is 1. The number of Topliss-reactive ketones (excluding diaryl/α,β-unsaturated/α-hetero) is 1. The van der Waals surface area contributed by atoms with Crippen LogP contribution in [0.2, 0.25) is 0 Å². The highest BCUT2D eigenvalue weighted by Gasteiger charge is 2.18. The van der Waals surface area contributed by atoms with E-state index < -0.39 is 23.9 Å². The molecule has 1 heterocycles. The highest BCUT2D eigenvalue weighted by Crippen LogP contribution is 2.22. The Morgan fingerprint density at radius 1 is 1.73 bits per heavy atom. The van der Waals surface area contributed by atoms with Gasteiger partial charge in [-0.2, -0.15) is 0 Å². The van der Waals surface area contributed by atoms with E-state index >= 15 is 0 Å². The van der Waals surface area contributed by atoms with Crippen molar-refractivity contribution < 1.29 is 14.7 Å². The van der Waals surface area contributed by atoms with Crippen LogP contribution in [0.25, 0.3) is 11.0 Å². The van der Waals surface area contributed by atoms with E-state index in [0.29, 0.717) is 11.0 Å². The first-order chi connectivity index (χ1) is 8.79. The molecule has 3 heteroatoms. The Labute approximate surface area is 102 Å². The lowest BCUT2D eigenvalue weighted by atomic mass is 10.2. The van der Waals surface area contributed by atoms with Gasteiger partial charge < -0.3 is 4.42 Å². The zero-order chi connectivity index (χ0) is 14.3. The van der Waals surface area contributed by atoms with Crippen LogP contribution in [0.15, 0.2) is 34.7 Å². The molecule has 0 amide bonds. The molecule has 0 aliphatic carbocycles. The molecule has 0 N–H and O–H groups in total. The van der Waals surface area contributed by atoms with Gasteiger partial charge in [-0.1, -0.05) is 41.0 Å². The Kier molecular flexibility index (Phi) is 1.81. The summed E-state index contributed by atoms with van der Waals surface area (Å²) < 4.78 is 35.5. The minimum Gasteiger partial charge on any atom is -0.453 e. The van der Waals surface area contributed by atoms with Gasteiger partial charge in [-0.25, -0.2) is 0 Å². The van der Waals surface area contributed by atoms with Crippen molar-refractivity contribution in [1.82, 2.24) is 0 Å². The van der Waals surface area contributed by atoms with E-state index in [9.17, 15) is 4.79 Å². The minimum atomic E-state index is -2.32. The third-order valence-corrected chi connectivity index (χ3v) is 2.64. The lowest BCUT2D eigenvalue weighted by Crippen LogP contribution is -2.11. The molecule has 2 rings (SSSR count). The fourth-order valence-electron chi connectivity index (χ4n) is 1.28. The third-order valence-electron chi connectivity index (χ3n) is 2.00. The lowest BCUT2D eigenvalue weighted by molar-refractivity contribution is 0.0965. The number of benzene rings is 1. The number of ketones is 1. The van der Waals surface area contributed by atoms with Crippen molar-refractivity contribution in [3.63, 3.8) is 0 Å². The van der Waals surface area contributed by atoms with Crippen LogP contribution in [0.5, 0.6) is 0 Å². The van der Waals surface area contributed by atoms with E-state index in [4.69, 9.17) is 9.90 Å². The van der Waals surface area contributed by atoms with E-state index in [1.54, 1.807) is 24.3 Å². The number of furan rings is 1. The van der Waals surface area contributed by atoms with Crippen LogP contribution in [-0.2, 0) is 0 Å². The molecular weight excluding hydrogens is 256 g/mol. The molecule has 2 aromatic rings. The van der Waals surface area contributed by atoms with Gasteiger partial charge in [0, 0.05) is 9.50 Å². The van der Waals surface area contributed by atoms with E-state index in [1.807, 2.05) is 0 Å². The van der Waals surface area contributed by atoms with Gasteiger partial charge in [-0.05, 0) is 18.5 Å². The number of rotatable bonds is 3. The summed E-state index contributed by atoms with van der Waals surface area (Å²) in [7, 11) is 0. The van der Waals surface area contributed by atoms with E-state index in [1.165, 1.54) is 6.07 Å². The molecular formula is C12H11BrO2. The van der Waals surface area contributed by atoms with Crippen molar-refractivity contribution in [3.05, 3.63) is 36.1 Å². The highest BCUT2D eigenvalue weighted by molar-refractivity contribution is 9.10. The maximum Gasteiger partial charge on any atom is 0.211 e. The first-order valence-electron chi connectivity index (χ1n) is 6.52. The minimum absolute atomic E-state index is 0.0922. The summed E-state index contributed by atoms with van der Waals surface area (Å²) in [6.45, 7) is -0.701. The van der Waals surface area contributed by atoms with Gasteiger partial charge in [-0.15, -0.1) is 0 Å². The zero-order valence-corrected chi connectivity index (χ0v) is 9.37. The molecule has 0 saturated carbocycles. The molecule has 0 aliphatic heterocycles. The van der Waals surface area contributed by atoms with Crippen LogP contribution in [0.3, 0.4) is 0 Å². The van der Waals surface area contributed by atoms with Crippen molar-refractivity contribution in [3.8, 4) is 0 Å². The molecule has 0 spiro atoms. The molecule has 0 bridgehead atoms. The Balaban J connectivity index is 2.44. The van der Waals surface area contributed by atoms with Crippen molar-refractivity contribution in [2.24, 2.45) is 0 Å². The van der Waals surface area contributed by atoms with Crippen LogP contribution < -0.4 is 0 Å². The third kappa shape index (κ3) is 1.97. The molecule has 1 atom stereocenters. The first-order valence-corrected chi connectivity index (χ1v) is 5.10. The molecule has 1 aromatic heterocycles. The number of para-hydroxylation sites is 1. The Hall–Kier alpha value is -1.09. The summed E-state index contributed by atoms with van der Waals surface area (Å²) >= 11 is 2.79. The Morgan fingerprint density at radius 2 is 2.53 bits per heavy atom. The molecule has 78 valence electrons. The quantitative estimate of drug-likeness (QED) is 0.628. The molecule has 15 heavy (non-hydrogen) atoms. The summed E-state index contributed by atoms with van der Waals surface area (Å²) in [4.78, 5) is 9.95. The summed E-state index contributed by atoms with van der Waals surface area (Å²) in [5.74, 6) is -0.925. The molecule has 1 unspecified atom stereocenters. The summed E-state index contributed by atoms with van der Waals surface area (Å²) in [6, 6.07) is 8.46. The van der Waals surface area contributed by atoms with Crippen LogP contribution in [-0.4, -0.2) is 10.6 Å². The van der Waals surface area contributed by atoms with E-state index in [-0.39, 0.29) is 5.76 Å². The van der Waals surface area contributed by atoms with Gasteiger partial charge in [0.2, 0.25) is 5.78 Å². The Morgan fingerprint density at radius 3 is 3.27 bits per heavy atom. The summed E-state index contributed by atoms with van der Waals surface area (Å²) in [5, 5.41) is 0.709. The second-order valence-electron chi connectivity index (χ2n) is 2.97. The predicted molar refractivity (Wildman–Crippen MR) is 63.6 cm³/mol. The van der Waals surface area contributed by atoms with Crippen LogP contribution >= 0.6 is 15.9 Å². The van der Waals surface area contributed by atoms with Crippen LogP contribution in [0.4, 0.5) is 0 Å². The molecule has 0 aliphatic rings. The van der Waals surface area contributed by atoms with E-state index in [2.05, 4.69) is 15.9 Å². The number of carbonyl (C=O) groups is 1. The van der Waals surface area contributed by atoms with E-state index in [0.717, 1.165) is 0 Å². The molecule has 2 nitrogen and oxygen atoms in total. The number of halogens is 1. The maximum atomic E-state index is 12.2. The van der Waals surface area contributed by atoms with Gasteiger partial charge in [0.05, 0.1) is 6.17 Å². The van der Waals surface area contributed by atoms with Gasteiger partial charge in [0.1, 0.15) is 5.58 Å². The summed E-state index contributed by atoms with van der Waals surface area (Å²) in [5.41, 5.74) is 0.501. The van der Waals surface area contributed by atoms with Crippen molar-refractivity contribution in [1.29, 1.82) is 0 Å². The van der Waals surface area contributed by atoms with Crippen LogP contribution in [0.1, 0.15) is 29.3 Å². The molecule has 0 radical (unpaired) electrons. The fourth-order valence-corrected chi connectivity index (χ4v) is 1.48. The normalized spacial score (nSPS) is 19.8. The van der Waals surface area contributed by atoms with Gasteiger partial charge in [0.25, 0.3) is 0 Å². The molecule has 0 fully saturated rings. The largest absolute Gasteiger partial charge is 0.453 e. The van der Waals surface area contributed by atoms with Crippen molar-refractivity contribution in [2.45, 2.75) is 18.1 Å². The zero-order valence-electron chi connectivity index (χ0n) is 11.8. The average Bonchev–Trinajstić information content (AvgIpc) is 2.81. The number of hydrogen-bond acceptors (Lipinski definition) is 2. The topological polar surface area (TPSA) is 30.2 Å². The van der Waals surface area contributed by atoms with Crippen molar-refractivity contribution in [2.75, 3.05) is 0 Å². The monoisotopic (exact) mass is 270 g/mol. The smallest absolute Gasteiger partial charge is 0.211 e. The fraction of sp³-hybridized carbons (Fsp3) is 0.250. The van der Waals surface area contributed by atoms with Crippen LogP contribution in [0, 0.1) is 0 Å². The second-order valence-corrected chi connectivity index (χ2v) is 3.76. The second kappa shape index (κ2) is 4.19. The maximum absolute atomic E-state index is 12.2. The summed E-state index contributed by atoms with van der Waals surface area (Å²) in [6.07, 6.45) is -2.32. The molecule has 1 aromatic carbocycles. The number of hydrogen-bond donors (Lipinski definition) is 0. The standard InChI is InChI=1S/C12H11BrO2/c1-2-9(13)12(14)11-7-8-5-3-4-6-10(8)15-11/h3-7,9H,2H2,1H3/i1D,2D2,9D. The lowest BCUT2D eigenvalue weighted by Gasteiger charge is -2.00. The number of fused-ring (bicyclic) bond motifs is 1. The number of carbonyl (C=O) groups excluding carboxylic acids is 1. The van der Waals surface area contributed by atoms with Crippen molar-refractivity contribution >= 4 is 32.7 Å². The Bertz CT molecular complexity index is 588. The SMILES string of the molecule is [2H]CC([2H])([2H])C([2H])(Br)C(=O)c1cc2ccccc2o1. The first kappa shape index (κ1) is 6.48. The highest BCUT2D eigenvalue weighted by atomic mass is 79.9. The van der Waals surface area contributed by atoms with Gasteiger partial charge in [-0.3, -0.25) is 4.79 Å². The average molecular weight is 271 g/mol. The predicted octanol–water partition coefficient (Wildman–Crippen LogP) is 3.79. The molecule has 0 saturated heterocycles.